The molecule has 2 amide bonds. The number of carbonyl (C=O) groups excluding carboxylic acids is 2. The second kappa shape index (κ2) is 9.94. The number of benzene rings is 1. The average Bonchev–Trinajstić information content (AvgIpc) is 3.63. The molecule has 36 heavy (non-hydrogen) atoms. The summed E-state index contributed by atoms with van der Waals surface area (Å²) in [7, 11) is 1.64. The lowest BCUT2D eigenvalue weighted by molar-refractivity contribution is -0.130. The Morgan fingerprint density at radius 2 is 1.86 bits per heavy atom. The SMILES string of the molecule is COc1ccc(-n2nc(C(C)(C)C)c3c2N(CC(=O)N2CCCC2)C(=O)CS[C@@H]3c2cccs2)cc1. The molecule has 2 aromatic heterocycles. The normalized spacial score (nSPS) is 18.3. The van der Waals surface area contributed by atoms with Crippen LogP contribution < -0.4 is 9.64 Å². The Morgan fingerprint density at radius 1 is 1.14 bits per heavy atom. The molecule has 5 rings (SSSR count). The fraction of sp³-hybridized carbons (Fsp3) is 0.444. The monoisotopic (exact) mass is 524 g/mol. The molecule has 1 saturated heterocycles. The zero-order chi connectivity index (χ0) is 25.4. The highest BCUT2D eigenvalue weighted by Gasteiger charge is 2.40. The maximum atomic E-state index is 13.7. The molecule has 0 bridgehead atoms. The number of hydrogen-bond acceptors (Lipinski definition) is 6. The Hall–Kier alpha value is -2.78. The largest absolute Gasteiger partial charge is 0.497 e. The van der Waals surface area contributed by atoms with Gasteiger partial charge in [-0.2, -0.15) is 5.10 Å². The Labute approximate surface area is 220 Å². The van der Waals surface area contributed by atoms with Crippen molar-refractivity contribution in [2.75, 3.05) is 37.4 Å². The number of thiophene rings is 1. The number of thioether (sulfide) groups is 1. The molecule has 2 aliphatic rings. The topological polar surface area (TPSA) is 67.7 Å². The summed E-state index contributed by atoms with van der Waals surface area (Å²) in [6.45, 7) is 7.98. The smallest absolute Gasteiger partial charge is 0.242 e. The van der Waals surface area contributed by atoms with Gasteiger partial charge < -0.3 is 9.64 Å². The second-order valence-corrected chi connectivity index (χ2v) is 12.3. The van der Waals surface area contributed by atoms with Crippen LogP contribution in [0.3, 0.4) is 0 Å². The van der Waals surface area contributed by atoms with Crippen molar-refractivity contribution in [1.29, 1.82) is 0 Å². The van der Waals surface area contributed by atoms with Gasteiger partial charge in [0, 0.05) is 28.9 Å². The lowest BCUT2D eigenvalue weighted by Crippen LogP contribution is -2.43. The van der Waals surface area contributed by atoms with E-state index in [1.807, 2.05) is 39.9 Å². The Morgan fingerprint density at radius 3 is 2.47 bits per heavy atom. The van der Waals surface area contributed by atoms with Gasteiger partial charge in [0.1, 0.15) is 18.1 Å². The van der Waals surface area contributed by atoms with Crippen molar-refractivity contribution in [3.63, 3.8) is 0 Å². The number of aromatic nitrogens is 2. The molecule has 190 valence electrons. The quantitative estimate of drug-likeness (QED) is 0.468. The lowest BCUT2D eigenvalue weighted by Gasteiger charge is -2.26. The molecule has 0 aliphatic carbocycles. The van der Waals surface area contributed by atoms with E-state index >= 15 is 0 Å². The van der Waals surface area contributed by atoms with Crippen LogP contribution in [0.4, 0.5) is 5.82 Å². The first-order valence-corrected chi connectivity index (χ1v) is 14.2. The number of rotatable bonds is 5. The number of nitrogens with zero attached hydrogens (tertiary/aromatic N) is 4. The van der Waals surface area contributed by atoms with Crippen molar-refractivity contribution in [1.82, 2.24) is 14.7 Å². The van der Waals surface area contributed by atoms with Crippen LogP contribution in [0.15, 0.2) is 41.8 Å². The highest BCUT2D eigenvalue weighted by atomic mass is 32.2. The van der Waals surface area contributed by atoms with Crippen molar-refractivity contribution in [2.24, 2.45) is 0 Å². The average molecular weight is 525 g/mol. The first-order chi connectivity index (χ1) is 17.3. The number of hydrogen-bond donors (Lipinski definition) is 0. The summed E-state index contributed by atoms with van der Waals surface area (Å²) in [5.74, 6) is 1.67. The van der Waals surface area contributed by atoms with E-state index < -0.39 is 0 Å². The summed E-state index contributed by atoms with van der Waals surface area (Å²) in [6, 6.07) is 11.8. The Kier molecular flexibility index (Phi) is 6.87. The zero-order valence-corrected chi connectivity index (χ0v) is 22.8. The maximum absolute atomic E-state index is 13.7. The number of amides is 2. The van der Waals surface area contributed by atoms with Crippen molar-refractivity contribution in [2.45, 2.75) is 44.3 Å². The Bertz CT molecular complexity index is 1240. The van der Waals surface area contributed by atoms with Crippen LogP contribution >= 0.6 is 23.1 Å². The van der Waals surface area contributed by atoms with E-state index in [-0.39, 0.29) is 29.0 Å². The minimum Gasteiger partial charge on any atom is -0.497 e. The molecule has 1 aromatic carbocycles. The highest BCUT2D eigenvalue weighted by molar-refractivity contribution is 8.00. The van der Waals surface area contributed by atoms with Gasteiger partial charge in [0.2, 0.25) is 11.8 Å². The summed E-state index contributed by atoms with van der Waals surface area (Å²) in [6.07, 6.45) is 2.03. The molecule has 0 radical (unpaired) electrons. The first kappa shape index (κ1) is 24.9. The van der Waals surface area contributed by atoms with E-state index in [0.29, 0.717) is 11.6 Å². The van der Waals surface area contributed by atoms with Gasteiger partial charge in [-0.15, -0.1) is 23.1 Å². The minimum atomic E-state index is -0.268. The molecular weight excluding hydrogens is 492 g/mol. The van der Waals surface area contributed by atoms with Gasteiger partial charge in [-0.3, -0.25) is 14.5 Å². The molecule has 0 unspecified atom stereocenters. The fourth-order valence-electron chi connectivity index (χ4n) is 4.84. The van der Waals surface area contributed by atoms with E-state index in [9.17, 15) is 9.59 Å². The zero-order valence-electron chi connectivity index (χ0n) is 21.2. The van der Waals surface area contributed by atoms with E-state index in [1.165, 1.54) is 4.88 Å². The van der Waals surface area contributed by atoms with Crippen LogP contribution in [0.2, 0.25) is 0 Å². The van der Waals surface area contributed by atoms with Crippen LogP contribution in [0, 0.1) is 0 Å². The summed E-state index contributed by atoms with van der Waals surface area (Å²) < 4.78 is 7.22. The number of methoxy groups -OCH3 is 1. The van der Waals surface area contributed by atoms with Crippen LogP contribution in [0.25, 0.3) is 5.69 Å². The molecule has 3 aromatic rings. The minimum absolute atomic E-state index is 0.00818. The molecular formula is C27H32N4O3S2. The molecule has 0 saturated carbocycles. The summed E-state index contributed by atoms with van der Waals surface area (Å²) in [5.41, 5.74) is 2.51. The lowest BCUT2D eigenvalue weighted by atomic mass is 9.88. The molecule has 2 aliphatic heterocycles. The third-order valence-corrected chi connectivity index (χ3v) is 8.99. The van der Waals surface area contributed by atoms with Gasteiger partial charge in [0.15, 0.2) is 0 Å². The van der Waals surface area contributed by atoms with Crippen LogP contribution in [0.1, 0.15) is 55.0 Å². The van der Waals surface area contributed by atoms with E-state index in [1.54, 1.807) is 35.1 Å². The number of ether oxygens (including phenoxy) is 1. The van der Waals surface area contributed by atoms with Crippen molar-refractivity contribution in [3.8, 4) is 11.4 Å². The van der Waals surface area contributed by atoms with E-state index in [4.69, 9.17) is 9.84 Å². The molecule has 4 heterocycles. The molecule has 7 nitrogen and oxygen atoms in total. The summed E-state index contributed by atoms with van der Waals surface area (Å²) >= 11 is 3.31. The first-order valence-electron chi connectivity index (χ1n) is 12.3. The van der Waals surface area contributed by atoms with Gasteiger partial charge >= 0.3 is 0 Å². The van der Waals surface area contributed by atoms with Crippen molar-refractivity contribution in [3.05, 3.63) is 57.9 Å². The molecule has 9 heteroatoms. The van der Waals surface area contributed by atoms with Gasteiger partial charge in [0.05, 0.1) is 29.5 Å². The number of fused-ring (bicyclic) bond motifs is 1. The van der Waals surface area contributed by atoms with E-state index in [0.717, 1.165) is 48.6 Å². The molecule has 1 fully saturated rings. The van der Waals surface area contributed by atoms with Crippen LogP contribution in [0.5, 0.6) is 5.75 Å². The van der Waals surface area contributed by atoms with Crippen LogP contribution in [-0.2, 0) is 15.0 Å². The number of carbonyl (C=O) groups is 2. The second-order valence-electron chi connectivity index (χ2n) is 10.2. The fourth-order valence-corrected chi connectivity index (χ4v) is 7.02. The predicted octanol–water partition coefficient (Wildman–Crippen LogP) is 5.03. The summed E-state index contributed by atoms with van der Waals surface area (Å²) in [4.78, 5) is 31.7. The maximum Gasteiger partial charge on any atom is 0.242 e. The third kappa shape index (κ3) is 4.66. The third-order valence-electron chi connectivity index (χ3n) is 6.67. The van der Waals surface area contributed by atoms with Gasteiger partial charge in [0.25, 0.3) is 0 Å². The molecule has 1 atom stereocenters. The van der Waals surface area contributed by atoms with Gasteiger partial charge in [-0.25, -0.2) is 4.68 Å². The standard InChI is InChI=1S/C27H32N4O3S2/c1-27(2,3)25-23-24(20-8-7-15-35-20)36-17-22(33)30(16-21(32)29-13-5-6-14-29)26(23)31(28-25)18-9-11-19(34-4)12-10-18/h7-12,15,24H,5-6,13-14,16-17H2,1-4H3/t24-/m1/s1. The van der Waals surface area contributed by atoms with Crippen molar-refractivity contribution < 1.29 is 14.3 Å². The molecule has 0 spiro atoms. The van der Waals surface area contributed by atoms with Gasteiger partial charge in [-0.1, -0.05) is 26.8 Å². The van der Waals surface area contributed by atoms with Crippen molar-refractivity contribution >= 4 is 40.7 Å². The predicted molar refractivity (Wildman–Crippen MR) is 146 cm³/mol. The number of likely N-dealkylation sites (tertiary alicyclic amines) is 1. The molecule has 0 N–H and O–H groups in total. The highest BCUT2D eigenvalue weighted by Crippen LogP contribution is 2.49. The van der Waals surface area contributed by atoms with Crippen LogP contribution in [-0.4, -0.2) is 59.0 Å². The van der Waals surface area contributed by atoms with Gasteiger partial charge in [-0.05, 0) is 48.6 Å². The Balaban J connectivity index is 1.72. The summed E-state index contributed by atoms with van der Waals surface area (Å²) in [5, 5.41) is 7.16. The number of anilines is 1. The van der Waals surface area contributed by atoms with E-state index in [2.05, 4.69) is 32.2 Å².